The molecule has 0 bridgehead atoms. The molecule has 2 aromatic rings. The number of aromatic amines is 1. The van der Waals surface area contributed by atoms with Crippen molar-refractivity contribution in [1.82, 2.24) is 20.4 Å². The molecule has 0 saturated heterocycles. The monoisotopic (exact) mass is 483 g/mol. The molecule has 0 unspecified atom stereocenters. The van der Waals surface area contributed by atoms with Gasteiger partial charge in [0.2, 0.25) is 5.91 Å². The number of benzene rings is 1. The van der Waals surface area contributed by atoms with Gasteiger partial charge in [0, 0.05) is 11.5 Å². The van der Waals surface area contributed by atoms with Gasteiger partial charge in [0.25, 0.3) is 0 Å². The second-order valence-corrected chi connectivity index (χ2v) is 16.6. The molecule has 1 aromatic heterocycles. The molecule has 8 nitrogen and oxygen atoms in total. The number of aliphatic hydroxyl groups is 1. The number of carbonyl (C=O) groups is 2. The third-order valence-corrected chi connectivity index (χ3v) is 13.9. The first-order valence-corrected chi connectivity index (χ1v) is 15.3. The fraction of sp³-hybridized carbons (Fsp3) is 0.560. The Hall–Kier alpha value is -2.65. The largest absolute Gasteiger partial charge is 0.390 e. The number of fused-ring (bicyclic) bond motifs is 1. The molecule has 34 heavy (non-hydrogen) atoms. The summed E-state index contributed by atoms with van der Waals surface area (Å²) in [4.78, 5) is 27.3. The van der Waals surface area contributed by atoms with Crippen molar-refractivity contribution in [1.29, 1.82) is 0 Å². The second kappa shape index (κ2) is 8.53. The predicted octanol–water partition coefficient (Wildman–Crippen LogP) is 3.64. The third kappa shape index (κ3) is 3.75. The smallest absolute Gasteiger partial charge is 0.319 e. The minimum absolute atomic E-state index is 0.227. The van der Waals surface area contributed by atoms with E-state index in [1.54, 1.807) is 11.1 Å². The lowest BCUT2D eigenvalue weighted by atomic mass is 9.68. The van der Waals surface area contributed by atoms with Gasteiger partial charge in [0.05, 0.1) is 44.2 Å². The highest BCUT2D eigenvalue weighted by Crippen LogP contribution is 2.63. The lowest BCUT2D eigenvalue weighted by Crippen LogP contribution is -2.61. The van der Waals surface area contributed by atoms with Gasteiger partial charge in [-0.05, 0) is 37.3 Å². The van der Waals surface area contributed by atoms with Crippen LogP contribution in [0.5, 0.6) is 0 Å². The molecule has 1 aliphatic heterocycles. The van der Waals surface area contributed by atoms with Crippen molar-refractivity contribution in [2.45, 2.75) is 82.0 Å². The van der Waals surface area contributed by atoms with Crippen molar-refractivity contribution in [3.63, 3.8) is 0 Å². The fourth-order valence-corrected chi connectivity index (χ4v) is 9.16. The number of aliphatic hydroxyl groups excluding tert-OH is 1. The van der Waals surface area contributed by atoms with Crippen LogP contribution < -0.4 is 11.1 Å². The standard InChI is InChI=1S/C25H37N5O3Si/c1-6-34(4,5)25(12-17(13-25)22(26)32)21(31)19(16-10-8-7-9-11-16)28-23(33)30-15-18-14-27-29-20(18)24(30,2)3/h7-11,14,17,19,21,31H,6,12-13,15H2,1-5H3,(H2,26,32)(H,27,29)(H,28,33)/t17?,19-,21-,25?/m0/s1. The van der Waals surface area contributed by atoms with Gasteiger partial charge in [-0.15, -0.1) is 0 Å². The summed E-state index contributed by atoms with van der Waals surface area (Å²) in [5.41, 5.74) is 7.85. The topological polar surface area (TPSA) is 124 Å². The summed E-state index contributed by atoms with van der Waals surface area (Å²) in [7, 11) is -1.98. The van der Waals surface area contributed by atoms with Crippen LogP contribution in [0.4, 0.5) is 4.79 Å². The molecule has 5 N–H and O–H groups in total. The molecule has 3 amide bonds. The number of hydrogen-bond acceptors (Lipinski definition) is 4. The third-order valence-electron chi connectivity index (χ3n) is 8.75. The zero-order valence-corrected chi connectivity index (χ0v) is 21.8. The molecular formula is C25H37N5O3Si. The molecule has 2 aliphatic rings. The maximum atomic E-state index is 13.6. The van der Waals surface area contributed by atoms with Crippen molar-refractivity contribution in [3.05, 3.63) is 53.3 Å². The van der Waals surface area contributed by atoms with E-state index in [2.05, 4.69) is 35.5 Å². The molecular weight excluding hydrogens is 446 g/mol. The van der Waals surface area contributed by atoms with Crippen LogP contribution in [0.1, 0.15) is 56.5 Å². The first kappa shape index (κ1) is 24.5. The van der Waals surface area contributed by atoms with Crippen LogP contribution in [-0.2, 0) is 16.9 Å². The first-order chi connectivity index (χ1) is 15.9. The molecule has 1 fully saturated rings. The van der Waals surface area contributed by atoms with E-state index in [-0.39, 0.29) is 17.9 Å². The van der Waals surface area contributed by atoms with Gasteiger partial charge in [-0.3, -0.25) is 9.89 Å². The van der Waals surface area contributed by atoms with Gasteiger partial charge in [-0.25, -0.2) is 4.79 Å². The van der Waals surface area contributed by atoms with E-state index < -0.39 is 30.8 Å². The highest BCUT2D eigenvalue weighted by Gasteiger charge is 2.61. The number of nitrogens with zero attached hydrogens (tertiary/aromatic N) is 2. The summed E-state index contributed by atoms with van der Waals surface area (Å²) in [6, 6.07) is 9.76. The molecule has 1 aliphatic carbocycles. The normalized spacial score (nSPS) is 25.2. The van der Waals surface area contributed by atoms with E-state index in [4.69, 9.17) is 5.73 Å². The summed E-state index contributed by atoms with van der Waals surface area (Å²) in [5, 5.41) is 21.9. The lowest BCUT2D eigenvalue weighted by molar-refractivity contribution is -0.127. The summed E-state index contributed by atoms with van der Waals surface area (Å²) in [5.74, 6) is -0.534. The molecule has 1 saturated carbocycles. The summed E-state index contributed by atoms with van der Waals surface area (Å²) >= 11 is 0. The maximum Gasteiger partial charge on any atom is 0.319 e. The minimum Gasteiger partial charge on any atom is -0.390 e. The van der Waals surface area contributed by atoms with Gasteiger partial charge in [-0.2, -0.15) is 5.10 Å². The van der Waals surface area contributed by atoms with Crippen LogP contribution in [0.15, 0.2) is 36.5 Å². The van der Waals surface area contributed by atoms with Gasteiger partial charge in [0.15, 0.2) is 0 Å². The number of hydrogen-bond donors (Lipinski definition) is 4. The number of nitrogens with one attached hydrogen (secondary N) is 2. The zero-order valence-electron chi connectivity index (χ0n) is 20.8. The second-order valence-electron chi connectivity index (χ2n) is 11.1. The van der Waals surface area contributed by atoms with Gasteiger partial charge in [-0.1, -0.05) is 56.4 Å². The Balaban J connectivity index is 1.66. The Bertz CT molecular complexity index is 1060. The molecule has 1 aromatic carbocycles. The first-order valence-electron chi connectivity index (χ1n) is 12.1. The average molecular weight is 484 g/mol. The minimum atomic E-state index is -1.98. The van der Waals surface area contributed by atoms with Crippen LogP contribution in [0.3, 0.4) is 0 Å². The van der Waals surface area contributed by atoms with Gasteiger partial charge >= 0.3 is 6.03 Å². The van der Waals surface area contributed by atoms with E-state index >= 15 is 0 Å². The van der Waals surface area contributed by atoms with E-state index in [0.717, 1.165) is 22.9 Å². The summed E-state index contributed by atoms with van der Waals surface area (Å²) in [6.45, 7) is 11.1. The lowest BCUT2D eigenvalue weighted by Gasteiger charge is -2.59. The van der Waals surface area contributed by atoms with E-state index in [0.29, 0.717) is 19.4 Å². The maximum absolute atomic E-state index is 13.6. The Kier molecular flexibility index (Phi) is 6.14. The molecule has 0 radical (unpaired) electrons. The van der Waals surface area contributed by atoms with Crippen LogP contribution in [0.25, 0.3) is 0 Å². The van der Waals surface area contributed by atoms with Crippen molar-refractivity contribution in [2.24, 2.45) is 11.7 Å². The van der Waals surface area contributed by atoms with Gasteiger partial charge < -0.3 is 21.1 Å². The molecule has 4 rings (SSSR count). The van der Waals surface area contributed by atoms with Crippen LogP contribution in [-0.4, -0.2) is 46.3 Å². The number of aromatic nitrogens is 2. The summed E-state index contributed by atoms with van der Waals surface area (Å²) in [6.07, 6.45) is 2.07. The number of amides is 3. The van der Waals surface area contributed by atoms with E-state index in [9.17, 15) is 14.7 Å². The number of rotatable bonds is 7. The molecule has 9 heteroatoms. The zero-order chi connectivity index (χ0) is 24.9. The van der Waals surface area contributed by atoms with Crippen molar-refractivity contribution in [3.8, 4) is 0 Å². The molecule has 2 atom stereocenters. The van der Waals surface area contributed by atoms with Crippen LogP contribution in [0.2, 0.25) is 24.2 Å². The van der Waals surface area contributed by atoms with E-state index in [1.165, 1.54) is 0 Å². The van der Waals surface area contributed by atoms with Crippen molar-refractivity contribution >= 4 is 20.0 Å². The highest BCUT2D eigenvalue weighted by atomic mass is 28.3. The Labute approximate surface area is 202 Å². The van der Waals surface area contributed by atoms with E-state index in [1.807, 2.05) is 44.2 Å². The van der Waals surface area contributed by atoms with Crippen LogP contribution >= 0.6 is 0 Å². The predicted molar refractivity (Wildman–Crippen MR) is 133 cm³/mol. The fourth-order valence-electron chi connectivity index (χ4n) is 5.89. The molecule has 0 spiro atoms. The van der Waals surface area contributed by atoms with Gasteiger partial charge in [0.1, 0.15) is 0 Å². The SMILES string of the molecule is CC[Si](C)(C)C1([C@@H](O)[C@@H](NC(=O)N2Cc3cn[nH]c3C2(C)C)c2ccccc2)CC(C(N)=O)C1. The number of urea groups is 1. The number of nitrogens with two attached hydrogens (primary N) is 1. The number of primary amides is 1. The van der Waals surface area contributed by atoms with Crippen molar-refractivity contribution < 1.29 is 14.7 Å². The number of carbonyl (C=O) groups excluding carboxylic acids is 2. The van der Waals surface area contributed by atoms with Crippen LogP contribution in [0, 0.1) is 5.92 Å². The quantitative estimate of drug-likeness (QED) is 0.449. The average Bonchev–Trinajstić information content (AvgIpc) is 3.33. The summed E-state index contributed by atoms with van der Waals surface area (Å²) < 4.78 is 0. The molecule has 184 valence electrons. The Morgan fingerprint density at radius 2 is 1.94 bits per heavy atom. The van der Waals surface area contributed by atoms with Crippen molar-refractivity contribution in [2.75, 3.05) is 0 Å². The number of H-pyrrole nitrogens is 1. The Morgan fingerprint density at radius 1 is 1.29 bits per heavy atom. The Morgan fingerprint density at radius 3 is 2.50 bits per heavy atom. The molecule has 2 heterocycles. The highest BCUT2D eigenvalue weighted by molar-refractivity contribution is 6.80.